The normalized spacial score (nSPS) is 14.3. The fourth-order valence-corrected chi connectivity index (χ4v) is 2.13. The molecule has 0 aromatic heterocycles. The molecule has 124 valence electrons. The quantitative estimate of drug-likeness (QED) is 0.723. The van der Waals surface area contributed by atoms with Crippen LogP contribution in [-0.4, -0.2) is 29.2 Å². The number of alkyl halides is 1. The van der Waals surface area contributed by atoms with Crippen LogP contribution in [0.1, 0.15) is 33.3 Å². The van der Waals surface area contributed by atoms with Crippen LogP contribution in [0.2, 0.25) is 5.02 Å². The van der Waals surface area contributed by atoms with E-state index >= 15 is 0 Å². The molecule has 0 saturated carbocycles. The summed E-state index contributed by atoms with van der Waals surface area (Å²) in [6.45, 7) is 8.09. The Morgan fingerprint density at radius 3 is 2.45 bits per heavy atom. The molecular formula is C16H23BrClNO3. The molecule has 1 atom stereocenters. The summed E-state index contributed by atoms with van der Waals surface area (Å²) < 4.78 is 11.1. The fraction of sp³-hybridized carbons (Fsp3) is 0.562. The monoisotopic (exact) mass is 391 g/mol. The maximum atomic E-state index is 11.7. The van der Waals surface area contributed by atoms with Gasteiger partial charge in [0.1, 0.15) is 5.60 Å². The predicted molar refractivity (Wildman–Crippen MR) is 92.7 cm³/mol. The van der Waals surface area contributed by atoms with Gasteiger partial charge in [-0.15, -0.1) is 0 Å². The van der Waals surface area contributed by atoms with Crippen molar-refractivity contribution in [2.75, 3.05) is 11.9 Å². The molecule has 0 saturated heterocycles. The van der Waals surface area contributed by atoms with Gasteiger partial charge in [-0.25, -0.2) is 4.79 Å². The van der Waals surface area contributed by atoms with E-state index in [1.807, 2.05) is 52.0 Å². The van der Waals surface area contributed by atoms with Gasteiger partial charge < -0.3 is 14.8 Å². The average Bonchev–Trinajstić information content (AvgIpc) is 2.42. The molecule has 1 unspecified atom stereocenters. The van der Waals surface area contributed by atoms with Gasteiger partial charge in [-0.05, 0) is 39.3 Å². The maximum absolute atomic E-state index is 11.7. The minimum Gasteiger partial charge on any atom is -0.444 e. The molecule has 22 heavy (non-hydrogen) atoms. The van der Waals surface area contributed by atoms with E-state index < -0.39 is 17.3 Å². The Kier molecular flexibility index (Phi) is 7.16. The molecule has 1 aromatic carbocycles. The van der Waals surface area contributed by atoms with Gasteiger partial charge >= 0.3 is 6.09 Å². The topological polar surface area (TPSA) is 47.6 Å². The average molecular weight is 393 g/mol. The zero-order chi connectivity index (χ0) is 16.8. The lowest BCUT2D eigenvalue weighted by Crippen LogP contribution is -2.45. The minimum absolute atomic E-state index is 0.331. The molecule has 0 heterocycles. The molecule has 4 nitrogen and oxygen atoms in total. The minimum atomic E-state index is -0.559. The summed E-state index contributed by atoms with van der Waals surface area (Å²) in [7, 11) is 0. The molecule has 6 heteroatoms. The van der Waals surface area contributed by atoms with Gasteiger partial charge in [0.05, 0.1) is 18.8 Å². The lowest BCUT2D eigenvalue weighted by atomic mass is 10.1. The number of ether oxygens (including phenoxy) is 2. The number of alkyl carbamates (subject to hydrolysis) is 1. The Morgan fingerprint density at radius 2 is 1.91 bits per heavy atom. The van der Waals surface area contributed by atoms with E-state index in [0.29, 0.717) is 23.5 Å². The third kappa shape index (κ3) is 6.99. The van der Waals surface area contributed by atoms with Crippen LogP contribution < -0.4 is 5.32 Å². The van der Waals surface area contributed by atoms with Crippen LogP contribution in [0, 0.1) is 0 Å². The predicted octanol–water partition coefficient (Wildman–Crippen LogP) is 4.53. The highest BCUT2D eigenvalue weighted by molar-refractivity contribution is 9.09. The van der Waals surface area contributed by atoms with Crippen LogP contribution in [0.25, 0.3) is 0 Å². The Bertz CT molecular complexity index is 504. The molecule has 0 spiro atoms. The number of halogens is 2. The van der Waals surface area contributed by atoms with Crippen molar-refractivity contribution in [1.29, 1.82) is 0 Å². The lowest BCUT2D eigenvalue weighted by molar-refractivity contribution is -0.0257. The van der Waals surface area contributed by atoms with E-state index in [-0.39, 0.29) is 0 Å². The second-order valence-electron chi connectivity index (χ2n) is 6.32. The third-order valence-corrected chi connectivity index (χ3v) is 4.38. The number of nitrogens with one attached hydrogen (secondary N) is 1. The largest absolute Gasteiger partial charge is 0.444 e. The van der Waals surface area contributed by atoms with Crippen molar-refractivity contribution < 1.29 is 14.3 Å². The Morgan fingerprint density at radius 1 is 1.27 bits per heavy atom. The van der Waals surface area contributed by atoms with Crippen molar-refractivity contribution >= 4 is 33.6 Å². The summed E-state index contributed by atoms with van der Waals surface area (Å²) in [5.41, 5.74) is -0.169. The van der Waals surface area contributed by atoms with Crippen LogP contribution in [0.15, 0.2) is 24.3 Å². The van der Waals surface area contributed by atoms with Gasteiger partial charge in [-0.1, -0.05) is 45.7 Å². The van der Waals surface area contributed by atoms with Crippen molar-refractivity contribution in [3.8, 4) is 0 Å². The summed E-state index contributed by atoms with van der Waals surface area (Å²) in [6, 6.07) is 7.53. The number of carbonyl (C=O) groups is 1. The van der Waals surface area contributed by atoms with Gasteiger partial charge in [-0.3, -0.25) is 0 Å². The van der Waals surface area contributed by atoms with Crippen molar-refractivity contribution in [3.05, 3.63) is 34.9 Å². The van der Waals surface area contributed by atoms with Gasteiger partial charge in [0, 0.05) is 10.4 Å². The Labute approximate surface area is 145 Å². The number of carbonyl (C=O) groups excluding carboxylic acids is 1. The summed E-state index contributed by atoms with van der Waals surface area (Å²) >= 11 is 9.54. The summed E-state index contributed by atoms with van der Waals surface area (Å²) in [4.78, 5) is 11.7. The first-order valence-electron chi connectivity index (χ1n) is 7.05. The van der Waals surface area contributed by atoms with E-state index in [4.69, 9.17) is 21.1 Å². The van der Waals surface area contributed by atoms with E-state index in [0.717, 1.165) is 5.56 Å². The molecular weight excluding hydrogens is 370 g/mol. The second kappa shape index (κ2) is 8.18. The van der Waals surface area contributed by atoms with E-state index in [2.05, 4.69) is 21.2 Å². The number of amides is 1. The Hall–Kier alpha value is -0.780. The summed E-state index contributed by atoms with van der Waals surface area (Å²) in [5.74, 6) is 0. The van der Waals surface area contributed by atoms with Gasteiger partial charge in [0.25, 0.3) is 0 Å². The number of benzene rings is 1. The van der Waals surface area contributed by atoms with Crippen molar-refractivity contribution in [2.45, 2.75) is 45.5 Å². The maximum Gasteiger partial charge on any atom is 0.407 e. The standard InChI is InChI=1S/C16H23BrClNO3/c1-15(2,3)22-14(20)19-11-16(4,10-17)21-9-12-7-5-6-8-13(12)18/h5-8H,9-11H2,1-4H3,(H,19,20). The van der Waals surface area contributed by atoms with E-state index in [1.54, 1.807) is 0 Å². The highest BCUT2D eigenvalue weighted by Crippen LogP contribution is 2.21. The first-order valence-corrected chi connectivity index (χ1v) is 8.55. The zero-order valence-electron chi connectivity index (χ0n) is 13.4. The van der Waals surface area contributed by atoms with Gasteiger partial charge in [-0.2, -0.15) is 0 Å². The molecule has 0 aliphatic heterocycles. The molecule has 1 amide bonds. The van der Waals surface area contributed by atoms with Gasteiger partial charge in [0.2, 0.25) is 0 Å². The number of rotatable bonds is 6. The zero-order valence-corrected chi connectivity index (χ0v) is 15.8. The molecule has 0 bridgehead atoms. The second-order valence-corrected chi connectivity index (χ2v) is 7.29. The van der Waals surface area contributed by atoms with Crippen molar-refractivity contribution in [1.82, 2.24) is 5.32 Å². The van der Waals surface area contributed by atoms with Crippen molar-refractivity contribution in [3.63, 3.8) is 0 Å². The van der Waals surface area contributed by atoms with Crippen LogP contribution in [0.4, 0.5) is 4.79 Å². The molecule has 1 N–H and O–H groups in total. The molecule has 0 fully saturated rings. The van der Waals surface area contributed by atoms with Crippen LogP contribution in [-0.2, 0) is 16.1 Å². The highest BCUT2D eigenvalue weighted by Gasteiger charge is 2.26. The Balaban J connectivity index is 2.54. The van der Waals surface area contributed by atoms with Crippen molar-refractivity contribution in [2.24, 2.45) is 0 Å². The molecule has 1 aromatic rings. The number of hydrogen-bond acceptors (Lipinski definition) is 3. The van der Waals surface area contributed by atoms with Gasteiger partial charge in [0.15, 0.2) is 0 Å². The molecule has 1 rings (SSSR count). The highest BCUT2D eigenvalue weighted by atomic mass is 79.9. The SMILES string of the molecule is CC(C)(C)OC(=O)NCC(C)(CBr)OCc1ccccc1Cl. The summed E-state index contributed by atoms with van der Waals surface area (Å²) in [6.07, 6.45) is -0.457. The van der Waals surface area contributed by atoms with E-state index in [9.17, 15) is 4.79 Å². The molecule has 0 aliphatic carbocycles. The fourth-order valence-electron chi connectivity index (χ4n) is 1.58. The van der Waals surface area contributed by atoms with E-state index in [1.165, 1.54) is 0 Å². The number of hydrogen-bond donors (Lipinski definition) is 1. The first kappa shape index (κ1) is 19.3. The lowest BCUT2D eigenvalue weighted by Gasteiger charge is -2.29. The van der Waals surface area contributed by atoms with Crippen LogP contribution in [0.5, 0.6) is 0 Å². The summed E-state index contributed by atoms with van der Waals surface area (Å²) in [5, 5.41) is 3.97. The first-order chi connectivity index (χ1) is 10.2. The smallest absolute Gasteiger partial charge is 0.407 e. The third-order valence-electron chi connectivity index (χ3n) is 2.82. The van der Waals surface area contributed by atoms with Crippen LogP contribution in [0.3, 0.4) is 0 Å². The molecule has 0 aliphatic rings. The molecule has 0 radical (unpaired) electrons. The van der Waals surface area contributed by atoms with Crippen LogP contribution >= 0.6 is 27.5 Å².